The molecule has 1 aliphatic heterocycles. The topological polar surface area (TPSA) is 82.8 Å². The number of alkyl halides is 3. The lowest BCUT2D eigenvalue weighted by molar-refractivity contribution is -0.136. The maximum atomic E-state index is 13.1. The highest BCUT2D eigenvalue weighted by Gasteiger charge is 2.52. The highest BCUT2D eigenvalue weighted by Crippen LogP contribution is 2.39. The van der Waals surface area contributed by atoms with Crippen molar-refractivity contribution in [1.29, 1.82) is 0 Å². The Morgan fingerprint density at radius 3 is 2.26 bits per heavy atom. The molecule has 2 aromatic rings. The van der Waals surface area contributed by atoms with Crippen LogP contribution in [0.3, 0.4) is 0 Å². The zero-order chi connectivity index (χ0) is 25.1. The lowest BCUT2D eigenvalue weighted by Gasteiger charge is -2.32. The summed E-state index contributed by atoms with van der Waals surface area (Å²) in [6, 6.07) is 12.6. The van der Waals surface area contributed by atoms with E-state index >= 15 is 0 Å². The summed E-state index contributed by atoms with van der Waals surface area (Å²) >= 11 is 0. The average Bonchev–Trinajstić information content (AvgIpc) is 2.96. The van der Waals surface area contributed by atoms with Crippen molar-refractivity contribution in [3.63, 3.8) is 0 Å². The maximum Gasteiger partial charge on any atom is 0.492 e. The third-order valence-electron chi connectivity index (χ3n) is 5.94. The summed E-state index contributed by atoms with van der Waals surface area (Å²) in [5.41, 5.74) is 4.77. The van der Waals surface area contributed by atoms with E-state index in [2.05, 4.69) is 5.32 Å². The van der Waals surface area contributed by atoms with Gasteiger partial charge in [-0.25, -0.2) is 4.79 Å². The largest absolute Gasteiger partial charge is 0.492 e. The van der Waals surface area contributed by atoms with Crippen LogP contribution >= 0.6 is 0 Å². The van der Waals surface area contributed by atoms with Crippen LogP contribution in [-0.2, 0) is 26.8 Å². The first-order chi connectivity index (χ1) is 15.8. The lowest BCUT2D eigenvalue weighted by atomic mass is 9.77. The van der Waals surface area contributed by atoms with E-state index in [4.69, 9.17) is 19.8 Å². The Morgan fingerprint density at radius 2 is 1.71 bits per heavy atom. The summed E-state index contributed by atoms with van der Waals surface area (Å²) in [4.78, 5) is 12.3. The van der Waals surface area contributed by atoms with Gasteiger partial charge in [-0.15, -0.1) is 0 Å². The molecule has 1 amide bonds. The molecular weight excluding hydrogens is 448 g/mol. The molecule has 0 aliphatic carbocycles. The minimum atomic E-state index is -4.55. The fourth-order valence-electron chi connectivity index (χ4n) is 3.29. The minimum absolute atomic E-state index is 0.00855. The van der Waals surface area contributed by atoms with Gasteiger partial charge in [-0.05, 0) is 56.4 Å². The molecule has 6 nitrogen and oxygen atoms in total. The first kappa shape index (κ1) is 25.6. The van der Waals surface area contributed by atoms with Crippen molar-refractivity contribution in [2.24, 2.45) is 0 Å². The zero-order valence-electron chi connectivity index (χ0n) is 19.5. The fourth-order valence-corrected chi connectivity index (χ4v) is 3.29. The van der Waals surface area contributed by atoms with Gasteiger partial charge in [0.2, 0.25) is 0 Å². The second kappa shape index (κ2) is 9.72. The minimum Gasteiger partial charge on any atom is -0.445 e. The molecule has 0 unspecified atom stereocenters. The van der Waals surface area contributed by atoms with Crippen LogP contribution < -0.4 is 11.1 Å². The van der Waals surface area contributed by atoms with Crippen LogP contribution in [0.25, 0.3) is 6.08 Å². The molecule has 0 bridgehead atoms. The van der Waals surface area contributed by atoms with Gasteiger partial charge in [-0.3, -0.25) is 0 Å². The molecule has 34 heavy (non-hydrogen) atoms. The highest BCUT2D eigenvalue weighted by atomic mass is 19.4. The Labute approximate surface area is 197 Å². The van der Waals surface area contributed by atoms with E-state index in [0.717, 1.165) is 11.6 Å². The Hall–Kier alpha value is -2.98. The molecule has 3 rings (SSSR count). The molecule has 182 valence electrons. The number of nitrogens with one attached hydrogen (secondary N) is 1. The quantitative estimate of drug-likeness (QED) is 0.441. The highest BCUT2D eigenvalue weighted by molar-refractivity contribution is 6.56. The van der Waals surface area contributed by atoms with Crippen molar-refractivity contribution in [2.45, 2.75) is 51.7 Å². The van der Waals surface area contributed by atoms with Gasteiger partial charge in [-0.1, -0.05) is 42.5 Å². The van der Waals surface area contributed by atoms with Crippen LogP contribution in [0.1, 0.15) is 44.4 Å². The molecule has 1 fully saturated rings. The van der Waals surface area contributed by atoms with Crippen molar-refractivity contribution in [1.82, 2.24) is 5.32 Å². The van der Waals surface area contributed by atoms with E-state index in [0.29, 0.717) is 11.0 Å². The molecule has 2 aromatic carbocycles. The van der Waals surface area contributed by atoms with Gasteiger partial charge in [0.1, 0.15) is 6.61 Å². The van der Waals surface area contributed by atoms with Crippen molar-refractivity contribution in [3.8, 4) is 0 Å². The Morgan fingerprint density at radius 1 is 1.09 bits per heavy atom. The number of ether oxygens (including phenoxy) is 1. The van der Waals surface area contributed by atoms with E-state index in [1.165, 1.54) is 12.1 Å². The third kappa shape index (κ3) is 6.12. The number of halogens is 3. The first-order valence-corrected chi connectivity index (χ1v) is 10.8. The summed E-state index contributed by atoms with van der Waals surface area (Å²) < 4.78 is 56.6. The van der Waals surface area contributed by atoms with Crippen LogP contribution in [-0.4, -0.2) is 31.0 Å². The number of alkyl carbamates (subject to hydrolysis) is 1. The third-order valence-corrected chi connectivity index (χ3v) is 5.94. The summed E-state index contributed by atoms with van der Waals surface area (Å²) in [7, 11) is -0.831. The van der Waals surface area contributed by atoms with E-state index in [-0.39, 0.29) is 13.2 Å². The number of rotatable bonds is 6. The van der Waals surface area contributed by atoms with Gasteiger partial charge < -0.3 is 25.1 Å². The summed E-state index contributed by atoms with van der Waals surface area (Å²) in [6.45, 7) is 7.60. The Bertz CT molecular complexity index is 1040. The van der Waals surface area contributed by atoms with Crippen LogP contribution in [0.15, 0.2) is 54.0 Å². The maximum absolute atomic E-state index is 13.1. The number of carbonyl (C=O) groups excluding carboxylic acids is 1. The zero-order valence-corrected chi connectivity index (χ0v) is 19.5. The van der Waals surface area contributed by atoms with Gasteiger partial charge in [0, 0.05) is 12.2 Å². The van der Waals surface area contributed by atoms with Gasteiger partial charge in [0.25, 0.3) is 0 Å². The van der Waals surface area contributed by atoms with Gasteiger partial charge in [0.05, 0.1) is 16.8 Å². The second-order valence-electron chi connectivity index (χ2n) is 9.07. The molecule has 1 saturated heterocycles. The van der Waals surface area contributed by atoms with Gasteiger partial charge >= 0.3 is 19.4 Å². The summed E-state index contributed by atoms with van der Waals surface area (Å²) in [5.74, 6) is 0. The molecule has 10 heteroatoms. The van der Waals surface area contributed by atoms with Crippen LogP contribution in [0.5, 0.6) is 0 Å². The van der Waals surface area contributed by atoms with Crippen molar-refractivity contribution in [2.75, 3.05) is 12.3 Å². The van der Waals surface area contributed by atoms with E-state index in [9.17, 15) is 18.0 Å². The number of carbonyl (C=O) groups is 1. The summed E-state index contributed by atoms with van der Waals surface area (Å²) in [6.07, 6.45) is -3.61. The van der Waals surface area contributed by atoms with Crippen LogP contribution in [0.4, 0.5) is 23.7 Å². The van der Waals surface area contributed by atoms with Crippen molar-refractivity contribution >= 4 is 25.0 Å². The standard InChI is InChI=1S/C24H28BF3N2O4/c1-22(2)23(3,4)34-25(33-22)18(12-17-10-11-19(20(29)13-17)24(26,27)28)14-30-21(31)32-15-16-8-6-5-7-9-16/h5-13H,14-15,29H2,1-4H3,(H,30,31). The molecule has 1 aliphatic rings. The monoisotopic (exact) mass is 476 g/mol. The van der Waals surface area contributed by atoms with Gasteiger partial charge in [0.15, 0.2) is 0 Å². The number of nitrogen functional groups attached to an aromatic ring is 1. The molecule has 0 saturated carbocycles. The average molecular weight is 476 g/mol. The van der Waals surface area contributed by atoms with Crippen molar-refractivity contribution in [3.05, 3.63) is 70.7 Å². The van der Waals surface area contributed by atoms with Crippen LogP contribution in [0.2, 0.25) is 0 Å². The van der Waals surface area contributed by atoms with Gasteiger partial charge in [-0.2, -0.15) is 13.2 Å². The lowest BCUT2D eigenvalue weighted by Crippen LogP contribution is -2.41. The normalized spacial score (nSPS) is 17.5. The molecule has 0 atom stereocenters. The predicted octanol–water partition coefficient (Wildman–Crippen LogP) is 5.23. The molecule has 0 aromatic heterocycles. The number of amides is 1. The molecule has 0 radical (unpaired) electrons. The number of hydrogen-bond acceptors (Lipinski definition) is 5. The molecular formula is C24H28BF3N2O4. The second-order valence-corrected chi connectivity index (χ2v) is 9.07. The molecule has 1 heterocycles. The number of benzene rings is 2. The Kier molecular flexibility index (Phi) is 7.33. The van der Waals surface area contributed by atoms with Crippen LogP contribution in [0, 0.1) is 0 Å². The Balaban J connectivity index is 1.79. The van der Waals surface area contributed by atoms with E-state index in [1.54, 1.807) is 6.08 Å². The van der Waals surface area contributed by atoms with E-state index in [1.807, 2.05) is 58.0 Å². The fraction of sp³-hybridized carbons (Fsp3) is 0.375. The smallest absolute Gasteiger partial charge is 0.445 e. The SMILES string of the molecule is CC1(C)OB(C(=Cc2ccc(C(F)(F)F)c(N)c2)CNC(=O)OCc2ccccc2)OC1(C)C. The number of nitrogens with two attached hydrogens (primary N) is 1. The predicted molar refractivity (Wildman–Crippen MR) is 125 cm³/mol. The summed E-state index contributed by atoms with van der Waals surface area (Å²) in [5, 5.41) is 2.65. The number of hydrogen-bond donors (Lipinski definition) is 2. The van der Waals surface area contributed by atoms with E-state index < -0.39 is 41.8 Å². The first-order valence-electron chi connectivity index (χ1n) is 10.8. The molecule has 3 N–H and O–H groups in total. The number of anilines is 1. The van der Waals surface area contributed by atoms with Crippen molar-refractivity contribution < 1.29 is 32.0 Å². The molecule has 0 spiro atoms.